The highest BCUT2D eigenvalue weighted by molar-refractivity contribution is 9.12. The number of nitrogens with zero attached hydrogens (tertiary/aromatic N) is 6. The molecule has 0 radical (unpaired) electrons. The van der Waals surface area contributed by atoms with Crippen LogP contribution in [0.2, 0.25) is 0 Å². The van der Waals surface area contributed by atoms with E-state index in [0.29, 0.717) is 31.1 Å². The van der Waals surface area contributed by atoms with E-state index >= 15 is 0 Å². The van der Waals surface area contributed by atoms with E-state index in [9.17, 15) is 0 Å². The largest absolute Gasteiger partial charge is 0.378 e. The number of halogens is 1. The summed E-state index contributed by atoms with van der Waals surface area (Å²) in [6.07, 6.45) is 6.02. The van der Waals surface area contributed by atoms with Crippen molar-refractivity contribution < 1.29 is 4.74 Å². The maximum absolute atomic E-state index is 5.45. The quantitative estimate of drug-likeness (QED) is 0.527. The molecule has 2 fully saturated rings. The van der Waals surface area contributed by atoms with Crippen LogP contribution in [-0.2, 0) is 4.74 Å². The zero-order valence-corrected chi connectivity index (χ0v) is 17.8. The van der Waals surface area contributed by atoms with E-state index in [4.69, 9.17) is 9.72 Å². The van der Waals surface area contributed by atoms with Crippen molar-refractivity contribution >= 4 is 46.1 Å². The zero-order chi connectivity index (χ0) is 19.9. The van der Waals surface area contributed by atoms with E-state index in [1.807, 2.05) is 36.4 Å². The van der Waals surface area contributed by atoms with Crippen LogP contribution in [0.1, 0.15) is 18.4 Å². The number of hydrazone groups is 1. The van der Waals surface area contributed by atoms with E-state index in [0.717, 1.165) is 49.1 Å². The second-order valence-electron chi connectivity index (χ2n) is 6.86. The first-order valence-corrected chi connectivity index (χ1v) is 10.6. The number of hydrogen-bond donors (Lipinski definition) is 1. The van der Waals surface area contributed by atoms with Gasteiger partial charge in [0.05, 0.1) is 19.4 Å². The molecule has 29 heavy (non-hydrogen) atoms. The summed E-state index contributed by atoms with van der Waals surface area (Å²) in [5, 5.41) is 4.29. The molecule has 4 rings (SSSR count). The van der Waals surface area contributed by atoms with Crippen molar-refractivity contribution in [3.63, 3.8) is 0 Å². The van der Waals surface area contributed by atoms with Crippen molar-refractivity contribution in [1.29, 1.82) is 0 Å². The SMILES string of the molecule is Br/C(C=NNc1nc(N2CCCC2)nc(N2CCOCC2)n1)=C\c1ccccc1. The van der Waals surface area contributed by atoms with Crippen molar-refractivity contribution in [2.45, 2.75) is 12.8 Å². The van der Waals surface area contributed by atoms with Crippen LogP contribution >= 0.6 is 15.9 Å². The highest BCUT2D eigenvalue weighted by Crippen LogP contribution is 2.21. The normalized spacial score (nSPS) is 17.9. The average Bonchev–Trinajstić information content (AvgIpc) is 3.30. The Morgan fingerprint density at radius 3 is 2.31 bits per heavy atom. The summed E-state index contributed by atoms with van der Waals surface area (Å²) in [6, 6.07) is 10.1. The molecule has 0 atom stereocenters. The van der Waals surface area contributed by atoms with Crippen molar-refractivity contribution in [3.05, 3.63) is 40.4 Å². The van der Waals surface area contributed by atoms with Crippen LogP contribution in [0.4, 0.5) is 17.8 Å². The van der Waals surface area contributed by atoms with Gasteiger partial charge in [0.1, 0.15) is 0 Å². The lowest BCUT2D eigenvalue weighted by atomic mass is 10.2. The highest BCUT2D eigenvalue weighted by atomic mass is 79.9. The number of morpholine rings is 1. The first-order valence-electron chi connectivity index (χ1n) is 9.83. The van der Waals surface area contributed by atoms with Gasteiger partial charge in [-0.3, -0.25) is 0 Å². The fourth-order valence-corrected chi connectivity index (χ4v) is 3.63. The number of hydrogen-bond acceptors (Lipinski definition) is 8. The van der Waals surface area contributed by atoms with Crippen molar-refractivity contribution in [3.8, 4) is 0 Å². The Hall–Kier alpha value is -2.52. The summed E-state index contributed by atoms with van der Waals surface area (Å²) >= 11 is 3.52. The number of ether oxygens (including phenoxy) is 1. The molecule has 0 amide bonds. The van der Waals surface area contributed by atoms with Crippen LogP contribution in [0.5, 0.6) is 0 Å². The number of anilines is 3. The van der Waals surface area contributed by atoms with Crippen LogP contribution in [0.3, 0.4) is 0 Å². The molecule has 1 aromatic carbocycles. The molecule has 0 unspecified atom stereocenters. The van der Waals surface area contributed by atoms with Gasteiger partial charge < -0.3 is 14.5 Å². The third-order valence-electron chi connectivity index (χ3n) is 4.75. The third-order valence-corrected chi connectivity index (χ3v) is 5.18. The summed E-state index contributed by atoms with van der Waals surface area (Å²) < 4.78 is 6.29. The molecule has 0 bridgehead atoms. The van der Waals surface area contributed by atoms with Gasteiger partial charge in [-0.05, 0) is 40.4 Å². The van der Waals surface area contributed by atoms with Gasteiger partial charge in [-0.15, -0.1) is 0 Å². The van der Waals surface area contributed by atoms with Gasteiger partial charge in [-0.2, -0.15) is 20.1 Å². The molecule has 9 heteroatoms. The Labute approximate surface area is 178 Å². The van der Waals surface area contributed by atoms with Gasteiger partial charge in [-0.1, -0.05) is 30.3 Å². The van der Waals surface area contributed by atoms with E-state index in [2.05, 4.69) is 46.2 Å². The lowest BCUT2D eigenvalue weighted by Crippen LogP contribution is -2.38. The van der Waals surface area contributed by atoms with Gasteiger partial charge >= 0.3 is 0 Å². The van der Waals surface area contributed by atoms with Crippen molar-refractivity contribution in [2.24, 2.45) is 5.10 Å². The number of aromatic nitrogens is 3. The van der Waals surface area contributed by atoms with Gasteiger partial charge in [-0.25, -0.2) is 5.43 Å². The van der Waals surface area contributed by atoms with Crippen LogP contribution in [-0.4, -0.2) is 60.6 Å². The van der Waals surface area contributed by atoms with Gasteiger partial charge in [0, 0.05) is 30.7 Å². The van der Waals surface area contributed by atoms with Gasteiger partial charge in [0.25, 0.3) is 0 Å². The Morgan fingerprint density at radius 1 is 0.966 bits per heavy atom. The standard InChI is InChI=1S/C20H24BrN7O/c21-17(14-16-6-2-1-3-7-16)15-22-26-18-23-19(27-8-4-5-9-27)25-20(24-18)28-10-12-29-13-11-28/h1-3,6-7,14-15H,4-5,8-13H2,(H,23,24,25,26)/b17-14-,22-15?. The maximum Gasteiger partial charge on any atom is 0.250 e. The molecular formula is C20H24BrN7O. The Balaban J connectivity index is 1.50. The summed E-state index contributed by atoms with van der Waals surface area (Å²) in [4.78, 5) is 18.2. The molecular weight excluding hydrogens is 434 g/mol. The predicted octanol–water partition coefficient (Wildman–Crippen LogP) is 3.14. The van der Waals surface area contributed by atoms with E-state index in [-0.39, 0.29) is 0 Å². The van der Waals surface area contributed by atoms with Crippen molar-refractivity contribution in [1.82, 2.24) is 15.0 Å². The Bertz CT molecular complexity index is 862. The maximum atomic E-state index is 5.45. The molecule has 2 saturated heterocycles. The van der Waals surface area contributed by atoms with Gasteiger partial charge in [0.15, 0.2) is 0 Å². The fraction of sp³-hybridized carbons (Fsp3) is 0.400. The van der Waals surface area contributed by atoms with E-state index < -0.39 is 0 Å². The van der Waals surface area contributed by atoms with Crippen molar-refractivity contribution in [2.75, 3.05) is 54.6 Å². The molecule has 2 aliphatic heterocycles. The summed E-state index contributed by atoms with van der Waals surface area (Å²) in [6.45, 7) is 4.86. The first kappa shape index (κ1) is 19.8. The number of nitrogens with one attached hydrogen (secondary N) is 1. The van der Waals surface area contributed by atoms with Crippen LogP contribution in [0, 0.1) is 0 Å². The van der Waals surface area contributed by atoms with E-state index in [1.54, 1.807) is 6.21 Å². The first-order chi connectivity index (χ1) is 14.3. The smallest absolute Gasteiger partial charge is 0.250 e. The molecule has 2 aliphatic rings. The molecule has 0 saturated carbocycles. The second-order valence-corrected chi connectivity index (χ2v) is 7.78. The van der Waals surface area contributed by atoms with Crippen LogP contribution < -0.4 is 15.2 Å². The molecule has 152 valence electrons. The molecule has 0 spiro atoms. The average molecular weight is 458 g/mol. The topological polar surface area (TPSA) is 78.8 Å². The Kier molecular flexibility index (Phi) is 6.68. The van der Waals surface area contributed by atoms with E-state index in [1.165, 1.54) is 0 Å². The van der Waals surface area contributed by atoms with Gasteiger partial charge in [0.2, 0.25) is 17.8 Å². The highest BCUT2D eigenvalue weighted by Gasteiger charge is 2.21. The number of allylic oxidation sites excluding steroid dienone is 1. The molecule has 2 aromatic rings. The van der Waals surface area contributed by atoms with Crippen LogP contribution in [0.15, 0.2) is 39.9 Å². The number of rotatable bonds is 6. The monoisotopic (exact) mass is 457 g/mol. The summed E-state index contributed by atoms with van der Waals surface area (Å²) in [7, 11) is 0. The van der Waals surface area contributed by atoms with Crippen LogP contribution in [0.25, 0.3) is 6.08 Å². The number of benzene rings is 1. The second kappa shape index (κ2) is 9.80. The Morgan fingerprint density at radius 2 is 1.62 bits per heavy atom. The predicted molar refractivity (Wildman–Crippen MR) is 120 cm³/mol. The minimum atomic E-state index is 0.444. The lowest BCUT2D eigenvalue weighted by Gasteiger charge is -2.27. The fourth-order valence-electron chi connectivity index (χ4n) is 3.26. The molecule has 8 nitrogen and oxygen atoms in total. The molecule has 1 aromatic heterocycles. The molecule has 3 heterocycles. The summed E-state index contributed by atoms with van der Waals surface area (Å²) in [5.41, 5.74) is 4.05. The molecule has 1 N–H and O–H groups in total. The minimum Gasteiger partial charge on any atom is -0.378 e. The summed E-state index contributed by atoms with van der Waals surface area (Å²) in [5.74, 6) is 1.82. The minimum absolute atomic E-state index is 0.444. The molecule has 0 aliphatic carbocycles. The lowest BCUT2D eigenvalue weighted by molar-refractivity contribution is 0.122. The third kappa shape index (κ3) is 5.51. The zero-order valence-electron chi connectivity index (χ0n) is 16.2.